The molecule has 1 aliphatic carbocycles. The smallest absolute Gasteiger partial charge is 0.316 e. The second kappa shape index (κ2) is 5.63. The SMILES string of the molecule is COc1ccc([C@@H]2[C@@H](C(=O)O)C(=O)NC23CCCCC3)cc1. The van der Waals surface area contributed by atoms with Gasteiger partial charge in [0.2, 0.25) is 5.91 Å². The average molecular weight is 303 g/mol. The molecular weight excluding hydrogens is 282 g/mol. The number of carbonyl (C=O) groups is 2. The van der Waals surface area contributed by atoms with Crippen molar-refractivity contribution >= 4 is 11.9 Å². The van der Waals surface area contributed by atoms with Crippen LogP contribution in [0.2, 0.25) is 0 Å². The molecule has 2 atom stereocenters. The van der Waals surface area contributed by atoms with Crippen LogP contribution < -0.4 is 10.1 Å². The second-order valence-corrected chi connectivity index (χ2v) is 6.27. The van der Waals surface area contributed by atoms with E-state index in [4.69, 9.17) is 4.74 Å². The molecule has 22 heavy (non-hydrogen) atoms. The fraction of sp³-hybridized carbons (Fsp3) is 0.529. The lowest BCUT2D eigenvalue weighted by atomic mass is 9.68. The van der Waals surface area contributed by atoms with Crippen LogP contribution in [0, 0.1) is 5.92 Å². The quantitative estimate of drug-likeness (QED) is 0.840. The van der Waals surface area contributed by atoms with Crippen LogP contribution >= 0.6 is 0 Å². The molecule has 1 heterocycles. The van der Waals surface area contributed by atoms with Crippen molar-refractivity contribution in [2.75, 3.05) is 7.11 Å². The predicted octanol–water partition coefficient (Wildman–Crippen LogP) is 2.31. The first-order valence-corrected chi connectivity index (χ1v) is 7.76. The molecule has 5 nitrogen and oxygen atoms in total. The number of hydrogen-bond acceptors (Lipinski definition) is 3. The van der Waals surface area contributed by atoms with Crippen molar-refractivity contribution in [1.29, 1.82) is 0 Å². The molecule has 2 N–H and O–H groups in total. The first-order chi connectivity index (χ1) is 10.6. The zero-order valence-electron chi connectivity index (χ0n) is 12.7. The number of carbonyl (C=O) groups excluding carboxylic acids is 1. The molecule has 1 aromatic carbocycles. The minimum absolute atomic E-state index is 0.316. The van der Waals surface area contributed by atoms with Crippen LogP contribution in [0.25, 0.3) is 0 Å². The van der Waals surface area contributed by atoms with Crippen LogP contribution in [0.4, 0.5) is 0 Å². The summed E-state index contributed by atoms with van der Waals surface area (Å²) in [6.45, 7) is 0. The second-order valence-electron chi connectivity index (χ2n) is 6.27. The van der Waals surface area contributed by atoms with Crippen molar-refractivity contribution in [2.24, 2.45) is 5.92 Å². The van der Waals surface area contributed by atoms with Crippen molar-refractivity contribution in [3.05, 3.63) is 29.8 Å². The lowest BCUT2D eigenvalue weighted by Crippen LogP contribution is -2.46. The van der Waals surface area contributed by atoms with Crippen LogP contribution in [0.3, 0.4) is 0 Å². The molecule has 0 bridgehead atoms. The molecule has 1 aliphatic heterocycles. The summed E-state index contributed by atoms with van der Waals surface area (Å²) in [6, 6.07) is 7.42. The van der Waals surface area contributed by atoms with Crippen LogP contribution in [0.5, 0.6) is 5.75 Å². The molecule has 0 unspecified atom stereocenters. The van der Waals surface area contributed by atoms with Crippen LogP contribution in [0.1, 0.15) is 43.6 Å². The van der Waals surface area contributed by atoms with Gasteiger partial charge < -0.3 is 15.2 Å². The Labute approximate surface area is 129 Å². The van der Waals surface area contributed by atoms with Gasteiger partial charge in [-0.25, -0.2) is 0 Å². The zero-order chi connectivity index (χ0) is 15.7. The van der Waals surface area contributed by atoms with Crippen LogP contribution in [-0.2, 0) is 9.59 Å². The van der Waals surface area contributed by atoms with Gasteiger partial charge in [0.15, 0.2) is 0 Å². The van der Waals surface area contributed by atoms with Gasteiger partial charge >= 0.3 is 5.97 Å². The number of rotatable bonds is 3. The molecule has 118 valence electrons. The highest BCUT2D eigenvalue weighted by atomic mass is 16.5. The monoisotopic (exact) mass is 303 g/mol. The Balaban J connectivity index is 2.03. The van der Waals surface area contributed by atoms with E-state index in [1.165, 1.54) is 0 Å². The van der Waals surface area contributed by atoms with Gasteiger partial charge in [0.25, 0.3) is 0 Å². The lowest BCUT2D eigenvalue weighted by molar-refractivity contribution is -0.145. The summed E-state index contributed by atoms with van der Waals surface area (Å²) in [7, 11) is 1.60. The Hall–Kier alpha value is -2.04. The zero-order valence-corrected chi connectivity index (χ0v) is 12.7. The number of ether oxygens (including phenoxy) is 1. The predicted molar refractivity (Wildman–Crippen MR) is 80.8 cm³/mol. The third-order valence-electron chi connectivity index (χ3n) is 5.07. The summed E-state index contributed by atoms with van der Waals surface area (Å²) in [6.07, 6.45) is 4.89. The number of methoxy groups -OCH3 is 1. The van der Waals surface area contributed by atoms with E-state index in [1.54, 1.807) is 7.11 Å². The molecule has 1 saturated heterocycles. The van der Waals surface area contributed by atoms with Crippen LogP contribution in [0.15, 0.2) is 24.3 Å². The number of nitrogens with one attached hydrogen (secondary N) is 1. The van der Waals surface area contributed by atoms with E-state index in [0.29, 0.717) is 0 Å². The molecule has 2 fully saturated rings. The van der Waals surface area contributed by atoms with Crippen molar-refractivity contribution in [2.45, 2.75) is 43.6 Å². The van der Waals surface area contributed by atoms with E-state index in [-0.39, 0.29) is 11.8 Å². The van der Waals surface area contributed by atoms with E-state index in [9.17, 15) is 14.7 Å². The van der Waals surface area contributed by atoms with Crippen molar-refractivity contribution < 1.29 is 19.4 Å². The minimum atomic E-state index is -1.04. The molecule has 0 radical (unpaired) electrons. The van der Waals surface area contributed by atoms with Gasteiger partial charge in [-0.1, -0.05) is 31.4 Å². The van der Waals surface area contributed by atoms with Crippen LogP contribution in [-0.4, -0.2) is 29.6 Å². The van der Waals surface area contributed by atoms with Gasteiger partial charge in [-0.3, -0.25) is 9.59 Å². The van der Waals surface area contributed by atoms with Crippen molar-refractivity contribution in [3.8, 4) is 5.75 Å². The third kappa shape index (κ3) is 2.34. The minimum Gasteiger partial charge on any atom is -0.497 e. The van der Waals surface area contributed by atoms with Crippen molar-refractivity contribution in [3.63, 3.8) is 0 Å². The van der Waals surface area contributed by atoms with Gasteiger partial charge in [0, 0.05) is 11.5 Å². The fourth-order valence-electron chi connectivity index (χ4n) is 4.07. The van der Waals surface area contributed by atoms with Gasteiger partial charge in [-0.05, 0) is 30.5 Å². The van der Waals surface area contributed by atoms with E-state index in [0.717, 1.165) is 43.4 Å². The summed E-state index contributed by atoms with van der Waals surface area (Å²) in [4.78, 5) is 23.9. The normalized spacial score (nSPS) is 26.7. The Morgan fingerprint density at radius 3 is 2.41 bits per heavy atom. The molecule has 3 rings (SSSR count). The highest BCUT2D eigenvalue weighted by Crippen LogP contribution is 2.48. The number of benzene rings is 1. The molecule has 1 spiro atoms. The van der Waals surface area contributed by atoms with Gasteiger partial charge in [0.1, 0.15) is 11.7 Å². The van der Waals surface area contributed by atoms with E-state index in [1.807, 2.05) is 24.3 Å². The standard InChI is InChI=1S/C17H21NO4/c1-22-12-7-5-11(6-8-12)14-13(16(20)21)15(19)18-17(14)9-3-2-4-10-17/h5-8,13-14H,2-4,9-10H2,1H3,(H,18,19)(H,20,21)/t13-,14-/m1/s1. The summed E-state index contributed by atoms with van der Waals surface area (Å²) in [5.41, 5.74) is 0.487. The number of hydrogen-bond donors (Lipinski definition) is 2. The Kier molecular flexibility index (Phi) is 3.81. The maximum atomic E-state index is 12.3. The molecule has 5 heteroatoms. The number of aliphatic carboxylic acids is 1. The summed E-state index contributed by atoms with van der Waals surface area (Å²) in [5.74, 6) is -1.99. The summed E-state index contributed by atoms with van der Waals surface area (Å²) >= 11 is 0. The number of amides is 1. The molecule has 1 amide bonds. The Bertz CT molecular complexity index is 575. The maximum absolute atomic E-state index is 12.3. The number of carboxylic acids is 1. The molecule has 2 aliphatic rings. The molecule has 0 aromatic heterocycles. The lowest BCUT2D eigenvalue weighted by Gasteiger charge is -2.39. The van der Waals surface area contributed by atoms with Gasteiger partial charge in [-0.15, -0.1) is 0 Å². The molecular formula is C17H21NO4. The van der Waals surface area contributed by atoms with Crippen molar-refractivity contribution in [1.82, 2.24) is 5.32 Å². The fourth-order valence-corrected chi connectivity index (χ4v) is 4.07. The molecule has 1 aromatic rings. The van der Waals surface area contributed by atoms with E-state index >= 15 is 0 Å². The van der Waals surface area contributed by atoms with Gasteiger partial charge in [0.05, 0.1) is 7.11 Å². The third-order valence-corrected chi connectivity index (χ3v) is 5.07. The Morgan fingerprint density at radius 1 is 1.23 bits per heavy atom. The Morgan fingerprint density at radius 2 is 1.86 bits per heavy atom. The average Bonchev–Trinajstić information content (AvgIpc) is 2.80. The molecule has 1 saturated carbocycles. The van der Waals surface area contributed by atoms with E-state index < -0.39 is 17.4 Å². The topological polar surface area (TPSA) is 75.6 Å². The maximum Gasteiger partial charge on any atom is 0.316 e. The highest BCUT2D eigenvalue weighted by molar-refractivity contribution is 6.01. The highest BCUT2D eigenvalue weighted by Gasteiger charge is 2.56. The number of carboxylic acid groups (broad SMARTS) is 1. The summed E-state index contributed by atoms with van der Waals surface area (Å²) in [5, 5.41) is 12.6. The summed E-state index contributed by atoms with van der Waals surface area (Å²) < 4.78 is 5.17. The first-order valence-electron chi connectivity index (χ1n) is 7.76. The van der Waals surface area contributed by atoms with E-state index in [2.05, 4.69) is 5.32 Å². The first kappa shape index (κ1) is 14.9. The largest absolute Gasteiger partial charge is 0.497 e. The van der Waals surface area contributed by atoms with Gasteiger partial charge in [-0.2, -0.15) is 0 Å².